The molecule has 0 amide bonds. The van der Waals surface area contributed by atoms with Crippen LogP contribution in [0.3, 0.4) is 0 Å². The van der Waals surface area contributed by atoms with Gasteiger partial charge in [-0.2, -0.15) is 0 Å². The maximum absolute atomic E-state index is 11.9. The summed E-state index contributed by atoms with van der Waals surface area (Å²) in [4.78, 5) is 11.9. The zero-order valence-corrected chi connectivity index (χ0v) is 9.73. The zero-order chi connectivity index (χ0) is 12.3. The van der Waals surface area contributed by atoms with Crippen molar-refractivity contribution in [3.63, 3.8) is 0 Å². The number of hydrogen-bond donors (Lipinski definition) is 2. The lowest BCUT2D eigenvalue weighted by Crippen LogP contribution is -2.36. The highest BCUT2D eigenvalue weighted by Gasteiger charge is 2.23. The van der Waals surface area contributed by atoms with Crippen LogP contribution in [0.1, 0.15) is 31.1 Å². The molecule has 0 aliphatic rings. The number of carbonyl (C=O) groups excluding carboxylic acids is 1. The van der Waals surface area contributed by atoms with Crippen LogP contribution in [0, 0.1) is 5.41 Å². The molecule has 0 aliphatic carbocycles. The molecule has 0 spiro atoms. The number of hydrogen-bond acceptors (Lipinski definition) is 4. The Labute approximate surface area is 95.5 Å². The number of rotatable bonds is 3. The van der Waals surface area contributed by atoms with E-state index >= 15 is 0 Å². The molecule has 0 radical (unpaired) electrons. The van der Waals surface area contributed by atoms with Crippen LogP contribution in [-0.4, -0.2) is 17.9 Å². The first kappa shape index (κ1) is 12.9. The molecular weight excluding hydrogens is 205 g/mol. The van der Waals surface area contributed by atoms with Crippen LogP contribution in [0.25, 0.3) is 0 Å². The molecule has 0 aromatic heterocycles. The van der Waals surface area contributed by atoms with E-state index in [2.05, 4.69) is 4.76 Å². The molecule has 1 rings (SSSR count). The van der Waals surface area contributed by atoms with E-state index in [9.17, 15) is 9.82 Å². The quantitative estimate of drug-likeness (QED) is 0.442. The molecule has 0 bridgehead atoms. The molecule has 0 fully saturated rings. The summed E-state index contributed by atoms with van der Waals surface area (Å²) in [6.45, 7) is 5.59. The first-order chi connectivity index (χ1) is 7.36. The first-order valence-electron chi connectivity index (χ1n) is 5.04. The predicted molar refractivity (Wildman–Crippen MR) is 63.1 cm³/mol. The van der Waals surface area contributed by atoms with Gasteiger partial charge in [-0.15, -0.1) is 0 Å². The van der Waals surface area contributed by atoms with Gasteiger partial charge in [-0.3, -0.25) is 4.79 Å². The van der Waals surface area contributed by atoms with Gasteiger partial charge in [0.25, 0.3) is 0 Å². The third kappa shape index (κ3) is 2.91. The minimum Gasteiger partial charge on any atom is -0.422 e. The molecule has 5 heteroatoms. The van der Waals surface area contributed by atoms with Crippen molar-refractivity contribution in [2.24, 2.45) is 11.3 Å². The Morgan fingerprint density at radius 3 is 2.19 bits per heavy atom. The molecule has 86 valence electrons. The fourth-order valence-corrected chi connectivity index (χ4v) is 1.31. The average molecular weight is 221 g/mol. The fraction of sp³-hybridized carbons (Fsp3) is 0.364. The van der Waals surface area contributed by atoms with Gasteiger partial charge in [-0.25, -0.2) is 5.90 Å². The lowest BCUT2D eigenvalue weighted by atomic mass is 9.78. The largest absolute Gasteiger partial charge is 0.508 e. The van der Waals surface area contributed by atoms with Gasteiger partial charge in [0, 0.05) is 11.0 Å². The maximum Gasteiger partial charge on any atom is 0.508 e. The number of carbonyl (C=O) groups is 1. The highest BCUT2D eigenvalue weighted by Crippen LogP contribution is 2.19. The van der Waals surface area contributed by atoms with E-state index < -0.39 is 12.5 Å². The zero-order valence-electron chi connectivity index (χ0n) is 9.73. The van der Waals surface area contributed by atoms with Gasteiger partial charge in [-0.05, 0) is 5.46 Å². The summed E-state index contributed by atoms with van der Waals surface area (Å²) in [5, 5.41) is 9.29. The van der Waals surface area contributed by atoms with Crippen molar-refractivity contribution in [1.29, 1.82) is 0 Å². The maximum atomic E-state index is 11.9. The van der Waals surface area contributed by atoms with E-state index in [4.69, 9.17) is 5.90 Å². The summed E-state index contributed by atoms with van der Waals surface area (Å²) in [7, 11) is -1.15. The standard InChI is InChI=1S/C11H16BNO3/c1-11(2,3)10(14)8-4-6-9(7-5-8)12(15)16-13/h4-7,15H,13H2,1-3H3. The van der Waals surface area contributed by atoms with E-state index in [1.165, 1.54) is 0 Å². The number of nitrogens with two attached hydrogens (primary N) is 1. The lowest BCUT2D eigenvalue weighted by Gasteiger charge is -2.16. The molecule has 0 saturated heterocycles. The van der Waals surface area contributed by atoms with Crippen molar-refractivity contribution in [2.45, 2.75) is 20.8 Å². The highest BCUT2D eigenvalue weighted by atomic mass is 16.6. The lowest BCUT2D eigenvalue weighted by molar-refractivity contribution is 0.0858. The summed E-state index contributed by atoms with van der Waals surface area (Å²) in [6, 6.07) is 6.56. The van der Waals surface area contributed by atoms with Crippen LogP contribution < -0.4 is 11.4 Å². The second kappa shape index (κ2) is 4.78. The van der Waals surface area contributed by atoms with Crippen molar-refractivity contribution in [3.8, 4) is 0 Å². The summed E-state index contributed by atoms with van der Waals surface area (Å²) >= 11 is 0. The van der Waals surface area contributed by atoms with Gasteiger partial charge in [-0.1, -0.05) is 45.0 Å². The second-order valence-corrected chi connectivity index (χ2v) is 4.69. The van der Waals surface area contributed by atoms with Crippen molar-refractivity contribution in [1.82, 2.24) is 0 Å². The smallest absolute Gasteiger partial charge is 0.422 e. The Morgan fingerprint density at radius 2 is 1.81 bits per heavy atom. The van der Waals surface area contributed by atoms with E-state index in [-0.39, 0.29) is 5.78 Å². The Kier molecular flexibility index (Phi) is 3.85. The van der Waals surface area contributed by atoms with Crippen LogP contribution in [-0.2, 0) is 4.76 Å². The predicted octanol–water partition coefficient (Wildman–Crippen LogP) is 0.493. The van der Waals surface area contributed by atoms with Gasteiger partial charge < -0.3 is 9.78 Å². The minimum atomic E-state index is -1.15. The Balaban J connectivity index is 2.91. The topological polar surface area (TPSA) is 72.5 Å². The monoisotopic (exact) mass is 221 g/mol. The Morgan fingerprint density at radius 1 is 1.31 bits per heavy atom. The molecule has 16 heavy (non-hydrogen) atoms. The van der Waals surface area contributed by atoms with Gasteiger partial charge in [0.1, 0.15) is 0 Å². The molecule has 0 aliphatic heterocycles. The fourth-order valence-electron chi connectivity index (χ4n) is 1.31. The minimum absolute atomic E-state index is 0.0576. The third-order valence-electron chi connectivity index (χ3n) is 2.27. The molecule has 1 aromatic carbocycles. The Bertz CT molecular complexity index is 370. The highest BCUT2D eigenvalue weighted by molar-refractivity contribution is 6.59. The van der Waals surface area contributed by atoms with Gasteiger partial charge in [0.05, 0.1) is 0 Å². The summed E-state index contributed by atoms with van der Waals surface area (Å²) in [5.41, 5.74) is 0.721. The molecule has 3 N–H and O–H groups in total. The van der Waals surface area contributed by atoms with E-state index in [0.29, 0.717) is 11.0 Å². The number of benzene rings is 1. The normalized spacial score (nSPS) is 11.3. The van der Waals surface area contributed by atoms with Crippen LogP contribution in [0.4, 0.5) is 0 Å². The van der Waals surface area contributed by atoms with Crippen LogP contribution in [0.2, 0.25) is 0 Å². The summed E-state index contributed by atoms with van der Waals surface area (Å²) in [6.07, 6.45) is 0. The summed E-state index contributed by atoms with van der Waals surface area (Å²) in [5.74, 6) is 4.91. The molecule has 4 nitrogen and oxygen atoms in total. The van der Waals surface area contributed by atoms with Crippen LogP contribution in [0.5, 0.6) is 0 Å². The molecular formula is C11H16BNO3. The van der Waals surface area contributed by atoms with Crippen molar-refractivity contribution in [3.05, 3.63) is 29.8 Å². The average Bonchev–Trinajstić information content (AvgIpc) is 2.26. The number of Topliss-reactive ketones (excluding diaryl/α,β-unsaturated/α-hetero) is 1. The molecule has 0 unspecified atom stereocenters. The van der Waals surface area contributed by atoms with Crippen LogP contribution in [0.15, 0.2) is 24.3 Å². The van der Waals surface area contributed by atoms with Crippen LogP contribution >= 0.6 is 0 Å². The first-order valence-corrected chi connectivity index (χ1v) is 5.04. The third-order valence-corrected chi connectivity index (χ3v) is 2.27. The van der Waals surface area contributed by atoms with Crippen molar-refractivity contribution >= 4 is 18.4 Å². The molecule has 0 heterocycles. The van der Waals surface area contributed by atoms with E-state index in [1.54, 1.807) is 24.3 Å². The number of ketones is 1. The van der Waals surface area contributed by atoms with E-state index in [1.807, 2.05) is 20.8 Å². The van der Waals surface area contributed by atoms with E-state index in [0.717, 1.165) is 0 Å². The molecule has 1 aromatic rings. The van der Waals surface area contributed by atoms with Gasteiger partial charge in [0.15, 0.2) is 5.78 Å². The molecule has 0 saturated carbocycles. The van der Waals surface area contributed by atoms with Crippen molar-refractivity contribution in [2.75, 3.05) is 0 Å². The van der Waals surface area contributed by atoms with Gasteiger partial charge in [0.2, 0.25) is 0 Å². The Hall–Kier alpha value is -1.17. The molecule has 0 atom stereocenters. The summed E-state index contributed by atoms with van der Waals surface area (Å²) < 4.78 is 4.27. The second-order valence-electron chi connectivity index (χ2n) is 4.69. The van der Waals surface area contributed by atoms with Gasteiger partial charge >= 0.3 is 7.12 Å². The van der Waals surface area contributed by atoms with Crippen molar-refractivity contribution < 1.29 is 14.6 Å². The SMILES string of the molecule is CC(C)(C)C(=O)c1ccc(B(O)ON)cc1.